The minimum atomic E-state index is -5.04. The number of carbonyl (C=O) groups excluding carboxylic acids is 1. The van der Waals surface area contributed by atoms with Gasteiger partial charge < -0.3 is 19.5 Å². The molecular weight excluding hydrogens is 570 g/mol. The Balaban J connectivity index is 1.83. The van der Waals surface area contributed by atoms with Crippen molar-refractivity contribution < 1.29 is 45.3 Å². The molecule has 0 aliphatic carbocycles. The fourth-order valence-electron chi connectivity index (χ4n) is 4.01. The molecule has 14 heteroatoms. The molecule has 1 N–H and O–H groups in total. The van der Waals surface area contributed by atoms with E-state index in [0.29, 0.717) is 45.0 Å². The van der Waals surface area contributed by atoms with Crippen LogP contribution >= 0.6 is 24.0 Å². The monoisotopic (exact) mass is 592 g/mol. The lowest BCUT2D eigenvalue weighted by atomic mass is 9.96. The SMILES string of the molecule is COc1cc(C=C2SC(=S)NC2=O)cc(-c2cc(C(F)(F)F)cc(C(F)(F)F)c2)c1OCCN1CCOCC1. The van der Waals surface area contributed by atoms with Gasteiger partial charge in [0.15, 0.2) is 11.5 Å². The number of benzene rings is 2. The zero-order chi connectivity index (χ0) is 28.4. The first kappa shape index (κ1) is 29.2. The maximum absolute atomic E-state index is 13.6. The average molecular weight is 593 g/mol. The Morgan fingerprint density at radius 1 is 1.05 bits per heavy atom. The van der Waals surface area contributed by atoms with Gasteiger partial charge in [-0.05, 0) is 47.5 Å². The molecule has 0 bridgehead atoms. The van der Waals surface area contributed by atoms with E-state index in [2.05, 4.69) is 10.2 Å². The van der Waals surface area contributed by atoms with Gasteiger partial charge in [-0.3, -0.25) is 9.69 Å². The Morgan fingerprint density at radius 2 is 1.69 bits per heavy atom. The normalized spacial score (nSPS) is 18.0. The Kier molecular flexibility index (Phi) is 8.78. The van der Waals surface area contributed by atoms with Gasteiger partial charge in [0.25, 0.3) is 5.91 Å². The molecule has 2 fully saturated rings. The van der Waals surface area contributed by atoms with Crippen molar-refractivity contribution in [2.24, 2.45) is 0 Å². The molecule has 2 aliphatic heterocycles. The summed E-state index contributed by atoms with van der Waals surface area (Å²) in [5.74, 6) is -0.438. The highest BCUT2D eigenvalue weighted by Gasteiger charge is 2.37. The van der Waals surface area contributed by atoms with Crippen molar-refractivity contribution in [1.82, 2.24) is 10.2 Å². The molecule has 6 nitrogen and oxygen atoms in total. The van der Waals surface area contributed by atoms with Crippen LogP contribution in [0, 0.1) is 0 Å². The molecule has 0 spiro atoms. The summed E-state index contributed by atoms with van der Waals surface area (Å²) in [6.45, 7) is 2.92. The van der Waals surface area contributed by atoms with E-state index in [-0.39, 0.29) is 50.1 Å². The number of nitrogens with zero attached hydrogens (tertiary/aromatic N) is 1. The van der Waals surface area contributed by atoms with Crippen molar-refractivity contribution >= 4 is 40.3 Å². The third kappa shape index (κ3) is 7.24. The molecule has 4 rings (SSSR count). The highest BCUT2D eigenvalue weighted by molar-refractivity contribution is 8.26. The minimum Gasteiger partial charge on any atom is -0.493 e. The maximum Gasteiger partial charge on any atom is 0.416 e. The third-order valence-corrected chi connectivity index (χ3v) is 7.06. The number of amides is 1. The van der Waals surface area contributed by atoms with Crippen LogP contribution in [0.4, 0.5) is 26.3 Å². The fourth-order valence-corrected chi connectivity index (χ4v) is 5.05. The van der Waals surface area contributed by atoms with E-state index in [9.17, 15) is 31.1 Å². The average Bonchev–Trinajstić information content (AvgIpc) is 3.19. The number of rotatable bonds is 7. The van der Waals surface area contributed by atoms with Gasteiger partial charge in [0.1, 0.15) is 10.9 Å². The molecule has 2 aromatic carbocycles. The van der Waals surface area contributed by atoms with E-state index < -0.39 is 29.4 Å². The fraction of sp³-hybridized carbons (Fsp3) is 0.360. The number of hydrogen-bond acceptors (Lipinski definition) is 7. The molecule has 0 aromatic heterocycles. The summed E-state index contributed by atoms with van der Waals surface area (Å²) in [5.41, 5.74) is -3.09. The Hall–Kier alpha value is -2.81. The van der Waals surface area contributed by atoms with Gasteiger partial charge in [-0.25, -0.2) is 0 Å². The smallest absolute Gasteiger partial charge is 0.416 e. The lowest BCUT2D eigenvalue weighted by Gasteiger charge is -2.27. The molecule has 2 heterocycles. The van der Waals surface area contributed by atoms with E-state index in [4.69, 9.17) is 26.4 Å². The number of morpholine rings is 1. The van der Waals surface area contributed by atoms with Gasteiger partial charge in [-0.15, -0.1) is 0 Å². The highest BCUT2D eigenvalue weighted by Crippen LogP contribution is 2.44. The van der Waals surface area contributed by atoms with Crippen molar-refractivity contribution in [2.45, 2.75) is 12.4 Å². The molecule has 0 radical (unpaired) electrons. The predicted octanol–water partition coefficient (Wildman–Crippen LogP) is 5.60. The molecule has 1 amide bonds. The van der Waals surface area contributed by atoms with Gasteiger partial charge in [0, 0.05) is 25.2 Å². The number of thioether (sulfide) groups is 1. The third-order valence-electron chi connectivity index (χ3n) is 5.89. The number of methoxy groups -OCH3 is 1. The molecule has 2 aliphatic rings. The molecular formula is C25H22F6N2O4S2. The van der Waals surface area contributed by atoms with Crippen LogP contribution in [0.2, 0.25) is 0 Å². The van der Waals surface area contributed by atoms with Crippen molar-refractivity contribution in [2.75, 3.05) is 46.6 Å². The quantitative estimate of drug-likeness (QED) is 0.255. The second kappa shape index (κ2) is 11.7. The number of ether oxygens (including phenoxy) is 3. The summed E-state index contributed by atoms with van der Waals surface area (Å²) in [7, 11) is 1.30. The first-order valence-electron chi connectivity index (χ1n) is 11.5. The first-order valence-corrected chi connectivity index (χ1v) is 12.8. The number of carbonyl (C=O) groups is 1. The largest absolute Gasteiger partial charge is 0.493 e. The van der Waals surface area contributed by atoms with Crippen molar-refractivity contribution in [3.05, 3.63) is 51.9 Å². The molecule has 39 heavy (non-hydrogen) atoms. The number of hydrogen-bond donors (Lipinski definition) is 1. The van der Waals surface area contributed by atoms with Crippen LogP contribution in [0.5, 0.6) is 11.5 Å². The zero-order valence-corrected chi connectivity index (χ0v) is 22.0. The van der Waals surface area contributed by atoms with Crippen molar-refractivity contribution in [3.63, 3.8) is 0 Å². The van der Waals surface area contributed by atoms with E-state index in [0.717, 1.165) is 11.8 Å². The van der Waals surface area contributed by atoms with Crippen LogP contribution in [-0.4, -0.2) is 61.7 Å². The van der Waals surface area contributed by atoms with E-state index >= 15 is 0 Å². The van der Waals surface area contributed by atoms with Crippen molar-refractivity contribution in [3.8, 4) is 22.6 Å². The Labute approximate surface area is 229 Å². The number of thiocarbonyl (C=S) groups is 1. The van der Waals surface area contributed by atoms with Crippen molar-refractivity contribution in [1.29, 1.82) is 0 Å². The van der Waals surface area contributed by atoms with E-state index in [1.807, 2.05) is 0 Å². The molecule has 2 saturated heterocycles. The topological polar surface area (TPSA) is 60.0 Å². The molecule has 0 atom stereocenters. The molecule has 0 unspecified atom stereocenters. The van der Waals surface area contributed by atoms with Crippen LogP contribution in [0.3, 0.4) is 0 Å². The summed E-state index contributed by atoms with van der Waals surface area (Å²) < 4.78 is 98.7. The highest BCUT2D eigenvalue weighted by atomic mass is 32.2. The van der Waals surface area contributed by atoms with Crippen LogP contribution in [0.1, 0.15) is 16.7 Å². The maximum atomic E-state index is 13.6. The van der Waals surface area contributed by atoms with Crippen LogP contribution in [0.15, 0.2) is 35.2 Å². The second-order valence-corrected chi connectivity index (χ2v) is 10.3. The first-order chi connectivity index (χ1) is 18.3. The number of halogens is 6. The number of alkyl halides is 6. The molecule has 2 aromatic rings. The van der Waals surface area contributed by atoms with E-state index in [1.54, 1.807) is 0 Å². The minimum absolute atomic E-state index is 0.0283. The molecule has 210 valence electrons. The Morgan fingerprint density at radius 3 is 2.23 bits per heavy atom. The lowest BCUT2D eigenvalue weighted by molar-refractivity contribution is -0.143. The molecule has 0 saturated carbocycles. The summed E-state index contributed by atoms with van der Waals surface area (Å²) in [6, 6.07) is 4.15. The zero-order valence-electron chi connectivity index (χ0n) is 20.4. The summed E-state index contributed by atoms with van der Waals surface area (Å²) in [4.78, 5) is 14.4. The standard InChI is InChI=1S/C25H22F6N2O4S2/c1-35-19-9-14(10-20-22(34)32-23(38)39-20)8-18(21(19)37-7-4-33-2-5-36-6-3-33)15-11-16(24(26,27)28)13-17(12-15)25(29,30)31/h8-13H,2-7H2,1H3,(H,32,34,38). The summed E-state index contributed by atoms with van der Waals surface area (Å²) >= 11 is 5.96. The van der Waals surface area contributed by atoms with Gasteiger partial charge in [0.2, 0.25) is 0 Å². The van der Waals surface area contributed by atoms with Gasteiger partial charge >= 0.3 is 12.4 Å². The summed E-state index contributed by atoms with van der Waals surface area (Å²) in [5, 5.41) is 2.45. The summed E-state index contributed by atoms with van der Waals surface area (Å²) in [6.07, 6.45) is -8.66. The van der Waals surface area contributed by atoms with E-state index in [1.165, 1.54) is 25.3 Å². The van der Waals surface area contributed by atoms with Gasteiger partial charge in [0.05, 0.1) is 36.4 Å². The van der Waals surface area contributed by atoms with Crippen LogP contribution in [-0.2, 0) is 21.9 Å². The Bertz CT molecular complexity index is 1260. The lowest BCUT2D eigenvalue weighted by Crippen LogP contribution is -2.38. The number of nitrogens with one attached hydrogen (secondary N) is 1. The van der Waals surface area contributed by atoms with Gasteiger partial charge in [-0.2, -0.15) is 26.3 Å². The van der Waals surface area contributed by atoms with Crippen LogP contribution in [0.25, 0.3) is 17.2 Å². The second-order valence-electron chi connectivity index (χ2n) is 8.55. The van der Waals surface area contributed by atoms with Crippen LogP contribution < -0.4 is 14.8 Å². The predicted molar refractivity (Wildman–Crippen MR) is 137 cm³/mol. The van der Waals surface area contributed by atoms with Gasteiger partial charge in [-0.1, -0.05) is 24.0 Å².